The highest BCUT2D eigenvalue weighted by Crippen LogP contribution is 2.31. The van der Waals surface area contributed by atoms with Gasteiger partial charge in [-0.15, -0.1) is 24.5 Å². The summed E-state index contributed by atoms with van der Waals surface area (Å²) in [6, 6.07) is 9.50. The normalized spacial score (nSPS) is 11.3. The van der Waals surface area contributed by atoms with E-state index in [0.29, 0.717) is 6.54 Å². The molecule has 0 aliphatic rings. The van der Waals surface area contributed by atoms with E-state index in [-0.39, 0.29) is 17.2 Å². The summed E-state index contributed by atoms with van der Waals surface area (Å²) in [5.41, 5.74) is 0.446. The second kappa shape index (κ2) is 8.09. The van der Waals surface area contributed by atoms with E-state index in [1.54, 1.807) is 11.3 Å². The number of anilines is 2. The SMILES string of the molecule is CCOC(=O)N(c1ccc(N(C)Cc2ccc(Br)s2)cc1)C(F)(F)F. The van der Waals surface area contributed by atoms with Gasteiger partial charge in [-0.05, 0) is 59.3 Å². The maximum atomic E-state index is 13.1. The van der Waals surface area contributed by atoms with Crippen molar-refractivity contribution in [2.45, 2.75) is 19.8 Å². The average Bonchev–Trinajstić information content (AvgIpc) is 2.92. The number of carbonyl (C=O) groups is 1. The highest BCUT2D eigenvalue weighted by atomic mass is 79.9. The van der Waals surface area contributed by atoms with Crippen molar-refractivity contribution in [1.82, 2.24) is 0 Å². The van der Waals surface area contributed by atoms with E-state index in [4.69, 9.17) is 0 Å². The van der Waals surface area contributed by atoms with Gasteiger partial charge in [0.1, 0.15) is 0 Å². The zero-order chi connectivity index (χ0) is 18.6. The summed E-state index contributed by atoms with van der Waals surface area (Å²) in [6.07, 6.45) is -6.30. The third-order valence-electron chi connectivity index (χ3n) is 3.27. The molecule has 0 aliphatic heterocycles. The van der Waals surface area contributed by atoms with Gasteiger partial charge in [-0.25, -0.2) is 4.79 Å². The van der Waals surface area contributed by atoms with Crippen molar-refractivity contribution < 1.29 is 22.7 Å². The molecule has 2 rings (SSSR count). The van der Waals surface area contributed by atoms with Crippen molar-refractivity contribution in [1.29, 1.82) is 0 Å². The fraction of sp³-hybridized carbons (Fsp3) is 0.312. The summed E-state index contributed by atoms with van der Waals surface area (Å²) in [5, 5.41) is 0. The molecule has 1 heterocycles. The molecule has 9 heteroatoms. The van der Waals surface area contributed by atoms with E-state index < -0.39 is 12.4 Å². The third kappa shape index (κ3) is 5.12. The van der Waals surface area contributed by atoms with Crippen LogP contribution in [-0.2, 0) is 11.3 Å². The van der Waals surface area contributed by atoms with Crippen LogP contribution < -0.4 is 9.80 Å². The minimum absolute atomic E-state index is 0.136. The van der Waals surface area contributed by atoms with E-state index >= 15 is 0 Å². The van der Waals surface area contributed by atoms with E-state index in [0.717, 1.165) is 14.4 Å². The zero-order valence-electron chi connectivity index (χ0n) is 13.5. The number of rotatable bonds is 5. The van der Waals surface area contributed by atoms with Gasteiger partial charge >= 0.3 is 12.4 Å². The maximum Gasteiger partial charge on any atom is 0.494 e. The summed E-state index contributed by atoms with van der Waals surface area (Å²) >= 11 is 4.98. The number of carbonyl (C=O) groups excluding carboxylic acids is 1. The van der Waals surface area contributed by atoms with Crippen LogP contribution in [0.3, 0.4) is 0 Å². The summed E-state index contributed by atoms with van der Waals surface area (Å²) in [5.74, 6) is 0. The summed E-state index contributed by atoms with van der Waals surface area (Å²) in [7, 11) is 1.84. The molecule has 0 N–H and O–H groups in total. The largest absolute Gasteiger partial charge is 0.494 e. The second-order valence-corrected chi connectivity index (χ2v) is 7.63. The van der Waals surface area contributed by atoms with Crippen molar-refractivity contribution >= 4 is 44.7 Å². The van der Waals surface area contributed by atoms with Gasteiger partial charge in [0, 0.05) is 17.6 Å². The summed E-state index contributed by atoms with van der Waals surface area (Å²) in [4.78, 5) is 14.3. The molecule has 1 aromatic carbocycles. The quantitative estimate of drug-likeness (QED) is 0.569. The number of alkyl halides is 3. The first-order valence-electron chi connectivity index (χ1n) is 7.31. The molecule has 1 amide bonds. The Morgan fingerprint density at radius 2 is 1.76 bits per heavy atom. The van der Waals surface area contributed by atoms with Crippen LogP contribution in [0.4, 0.5) is 29.3 Å². The molecular formula is C16H16BrF3N2O2S. The van der Waals surface area contributed by atoms with Crippen LogP contribution in [0, 0.1) is 0 Å². The van der Waals surface area contributed by atoms with E-state index in [9.17, 15) is 18.0 Å². The van der Waals surface area contributed by atoms with Crippen LogP contribution in [0.2, 0.25) is 0 Å². The summed E-state index contributed by atoms with van der Waals surface area (Å²) in [6.45, 7) is 1.94. The Labute approximate surface area is 155 Å². The minimum atomic E-state index is -4.86. The van der Waals surface area contributed by atoms with Crippen molar-refractivity contribution in [3.63, 3.8) is 0 Å². The molecule has 0 atom stereocenters. The molecule has 136 valence electrons. The Morgan fingerprint density at radius 1 is 1.16 bits per heavy atom. The van der Waals surface area contributed by atoms with Gasteiger partial charge in [0.15, 0.2) is 0 Å². The number of ether oxygens (including phenoxy) is 1. The molecule has 2 aromatic rings. The molecule has 4 nitrogen and oxygen atoms in total. The lowest BCUT2D eigenvalue weighted by molar-refractivity contribution is -0.124. The van der Waals surface area contributed by atoms with Gasteiger partial charge in [-0.2, -0.15) is 4.90 Å². The first-order valence-corrected chi connectivity index (χ1v) is 8.92. The number of benzene rings is 1. The van der Waals surface area contributed by atoms with Crippen LogP contribution in [0.5, 0.6) is 0 Å². The van der Waals surface area contributed by atoms with Gasteiger partial charge in [0.2, 0.25) is 0 Å². The lowest BCUT2D eigenvalue weighted by Gasteiger charge is -2.25. The van der Waals surface area contributed by atoms with Gasteiger partial charge < -0.3 is 9.64 Å². The van der Waals surface area contributed by atoms with Gasteiger partial charge in [0.25, 0.3) is 0 Å². The molecule has 0 spiro atoms. The smallest absolute Gasteiger partial charge is 0.449 e. The fourth-order valence-electron chi connectivity index (χ4n) is 2.16. The predicted octanol–water partition coefficient (Wildman–Crippen LogP) is 5.63. The first kappa shape index (κ1) is 19.6. The average molecular weight is 437 g/mol. The Morgan fingerprint density at radius 3 is 2.24 bits per heavy atom. The van der Waals surface area contributed by atoms with Crippen molar-refractivity contribution in [2.24, 2.45) is 0 Å². The molecule has 0 aliphatic carbocycles. The Hall–Kier alpha value is -1.74. The molecule has 0 bridgehead atoms. The number of hydrogen-bond donors (Lipinski definition) is 0. The molecule has 0 saturated heterocycles. The number of thiophene rings is 1. The predicted molar refractivity (Wildman–Crippen MR) is 96.1 cm³/mol. The second-order valence-electron chi connectivity index (χ2n) is 5.08. The van der Waals surface area contributed by atoms with E-state index in [1.807, 2.05) is 24.1 Å². The molecule has 25 heavy (non-hydrogen) atoms. The lowest BCUT2D eigenvalue weighted by Crippen LogP contribution is -2.43. The number of hydrogen-bond acceptors (Lipinski definition) is 4. The van der Waals surface area contributed by atoms with Crippen molar-refractivity contribution in [3.8, 4) is 0 Å². The van der Waals surface area contributed by atoms with E-state index in [2.05, 4.69) is 20.7 Å². The highest BCUT2D eigenvalue weighted by Gasteiger charge is 2.43. The van der Waals surface area contributed by atoms with E-state index in [1.165, 1.54) is 31.2 Å². The fourth-order valence-corrected chi connectivity index (χ4v) is 3.70. The van der Waals surface area contributed by atoms with Crippen LogP contribution in [0.1, 0.15) is 11.8 Å². The van der Waals surface area contributed by atoms with Gasteiger partial charge in [-0.1, -0.05) is 0 Å². The van der Waals surface area contributed by atoms with Crippen LogP contribution in [-0.4, -0.2) is 26.0 Å². The molecule has 0 fully saturated rings. The van der Waals surface area contributed by atoms with Crippen LogP contribution >= 0.6 is 27.3 Å². The van der Waals surface area contributed by atoms with Crippen molar-refractivity contribution in [2.75, 3.05) is 23.5 Å². The number of halogens is 4. The maximum absolute atomic E-state index is 13.1. The summed E-state index contributed by atoms with van der Waals surface area (Å²) < 4.78 is 44.9. The Kier molecular flexibility index (Phi) is 6.34. The Bertz CT molecular complexity index is 719. The highest BCUT2D eigenvalue weighted by molar-refractivity contribution is 9.11. The zero-order valence-corrected chi connectivity index (χ0v) is 15.9. The standard InChI is InChI=1S/C16H16BrF3N2O2S/c1-3-24-15(23)22(16(18,19)20)12-6-4-11(5-7-12)21(2)10-13-8-9-14(17)25-13/h4-9H,3,10H2,1-2H3. The van der Waals surface area contributed by atoms with Gasteiger partial charge in [-0.3, -0.25) is 0 Å². The first-order chi connectivity index (χ1) is 11.7. The third-order valence-corrected chi connectivity index (χ3v) is 4.88. The molecule has 1 aromatic heterocycles. The number of nitrogens with zero attached hydrogens (tertiary/aromatic N) is 2. The van der Waals surface area contributed by atoms with Crippen molar-refractivity contribution in [3.05, 3.63) is 45.1 Å². The van der Waals surface area contributed by atoms with Crippen LogP contribution in [0.15, 0.2) is 40.2 Å². The molecule has 0 unspecified atom stereocenters. The molecule has 0 saturated carbocycles. The topological polar surface area (TPSA) is 32.8 Å². The number of amides is 1. The Balaban J connectivity index is 2.17. The molecule has 0 radical (unpaired) electrons. The monoisotopic (exact) mass is 436 g/mol. The van der Waals surface area contributed by atoms with Crippen LogP contribution in [0.25, 0.3) is 0 Å². The lowest BCUT2D eigenvalue weighted by atomic mass is 10.2. The van der Waals surface area contributed by atoms with Gasteiger partial charge in [0.05, 0.1) is 22.6 Å². The molecular weight excluding hydrogens is 421 g/mol. The minimum Gasteiger partial charge on any atom is -0.449 e.